The van der Waals surface area contributed by atoms with Crippen LogP contribution in [0.1, 0.15) is 12.5 Å². The maximum absolute atomic E-state index is 5.50. The van der Waals surface area contributed by atoms with Crippen molar-refractivity contribution in [3.8, 4) is 0 Å². The molecule has 0 aliphatic carbocycles. The van der Waals surface area contributed by atoms with Crippen LogP contribution in [0.25, 0.3) is 0 Å². The fraction of sp³-hybridized carbons (Fsp3) is 0.545. The van der Waals surface area contributed by atoms with Crippen LogP contribution < -0.4 is 11.3 Å². The van der Waals surface area contributed by atoms with E-state index in [9.17, 15) is 0 Å². The van der Waals surface area contributed by atoms with Crippen molar-refractivity contribution in [3.05, 3.63) is 23.9 Å². The number of hydrazine groups is 1. The smallest absolute Gasteiger partial charge is 0.140 e. The van der Waals surface area contributed by atoms with Crippen LogP contribution >= 0.6 is 0 Å². The quantitative estimate of drug-likeness (QED) is 0.579. The number of nitrogens with two attached hydrogens (primary N) is 1. The fourth-order valence-corrected chi connectivity index (χ4v) is 1.94. The average Bonchev–Trinajstić information content (AvgIpc) is 2.29. The Hall–Kier alpha value is -1.17. The van der Waals surface area contributed by atoms with Gasteiger partial charge in [-0.1, -0.05) is 0 Å². The lowest BCUT2D eigenvalue weighted by Crippen LogP contribution is -2.40. The molecule has 0 amide bonds. The highest BCUT2D eigenvalue weighted by Gasteiger charge is 2.16. The number of nitrogens with zero attached hydrogens (tertiary/aromatic N) is 2. The molecule has 0 bridgehead atoms. The number of aromatic nitrogens is 1. The monoisotopic (exact) mass is 222 g/mol. The molecule has 3 N–H and O–H groups in total. The van der Waals surface area contributed by atoms with Crippen LogP contribution in [-0.4, -0.2) is 35.7 Å². The first-order chi connectivity index (χ1) is 7.78. The molecule has 5 heteroatoms. The van der Waals surface area contributed by atoms with Gasteiger partial charge in [0.1, 0.15) is 5.82 Å². The number of pyridine rings is 1. The lowest BCUT2D eigenvalue weighted by atomic mass is 10.2. The van der Waals surface area contributed by atoms with Gasteiger partial charge in [-0.3, -0.25) is 4.90 Å². The Morgan fingerprint density at radius 2 is 2.56 bits per heavy atom. The van der Waals surface area contributed by atoms with Gasteiger partial charge in [0.15, 0.2) is 0 Å². The Kier molecular flexibility index (Phi) is 3.71. The standard InChI is InChI=1S/C11H18N4O/c1-9-7-15(4-5-16-9)8-10-2-3-13-11(6-10)14-12/h2-3,6,9H,4-5,7-8,12H2,1H3,(H,13,14). The molecule has 0 aromatic carbocycles. The van der Waals surface area contributed by atoms with Crippen LogP contribution in [0.3, 0.4) is 0 Å². The molecule has 0 saturated carbocycles. The molecule has 1 atom stereocenters. The Morgan fingerprint density at radius 3 is 3.31 bits per heavy atom. The van der Waals surface area contributed by atoms with E-state index in [0.29, 0.717) is 11.9 Å². The maximum atomic E-state index is 5.50. The zero-order valence-electron chi connectivity index (χ0n) is 9.52. The lowest BCUT2D eigenvalue weighted by Gasteiger charge is -2.31. The number of anilines is 1. The van der Waals surface area contributed by atoms with Gasteiger partial charge >= 0.3 is 0 Å². The first-order valence-corrected chi connectivity index (χ1v) is 5.53. The molecule has 1 unspecified atom stereocenters. The van der Waals surface area contributed by atoms with Gasteiger partial charge in [0.25, 0.3) is 0 Å². The maximum Gasteiger partial charge on any atom is 0.140 e. The van der Waals surface area contributed by atoms with Gasteiger partial charge in [0.05, 0.1) is 12.7 Å². The second-order valence-electron chi connectivity index (χ2n) is 4.11. The highest BCUT2D eigenvalue weighted by atomic mass is 16.5. The number of morpholine rings is 1. The van der Waals surface area contributed by atoms with Gasteiger partial charge in [-0.2, -0.15) is 0 Å². The summed E-state index contributed by atoms with van der Waals surface area (Å²) in [6, 6.07) is 3.99. The summed E-state index contributed by atoms with van der Waals surface area (Å²) >= 11 is 0. The summed E-state index contributed by atoms with van der Waals surface area (Å²) in [6.07, 6.45) is 2.09. The largest absolute Gasteiger partial charge is 0.376 e. The van der Waals surface area contributed by atoms with E-state index in [2.05, 4.69) is 22.2 Å². The van der Waals surface area contributed by atoms with Gasteiger partial charge in [-0.05, 0) is 24.6 Å². The highest BCUT2D eigenvalue weighted by Crippen LogP contribution is 2.11. The van der Waals surface area contributed by atoms with Crippen molar-refractivity contribution in [3.63, 3.8) is 0 Å². The summed E-state index contributed by atoms with van der Waals surface area (Å²) in [5, 5.41) is 0. The van der Waals surface area contributed by atoms with Gasteiger partial charge in [0.2, 0.25) is 0 Å². The number of hydrogen-bond acceptors (Lipinski definition) is 5. The molecule has 5 nitrogen and oxygen atoms in total. The van der Waals surface area contributed by atoms with Crippen molar-refractivity contribution < 1.29 is 4.74 Å². The van der Waals surface area contributed by atoms with Crippen molar-refractivity contribution >= 4 is 5.82 Å². The molecule has 1 aromatic rings. The van der Waals surface area contributed by atoms with Crippen LogP contribution in [0.15, 0.2) is 18.3 Å². The Labute approximate surface area is 95.6 Å². The van der Waals surface area contributed by atoms with E-state index in [-0.39, 0.29) is 0 Å². The summed E-state index contributed by atoms with van der Waals surface area (Å²) < 4.78 is 5.50. The molecule has 1 saturated heterocycles. The van der Waals surface area contributed by atoms with E-state index in [1.807, 2.05) is 12.1 Å². The molecule has 1 aliphatic heterocycles. The molecule has 2 rings (SSSR count). The number of hydrogen-bond donors (Lipinski definition) is 2. The molecular weight excluding hydrogens is 204 g/mol. The minimum absolute atomic E-state index is 0.322. The number of nitrogens with one attached hydrogen (secondary N) is 1. The second kappa shape index (κ2) is 5.25. The van der Waals surface area contributed by atoms with Crippen molar-refractivity contribution in [1.82, 2.24) is 9.88 Å². The summed E-state index contributed by atoms with van der Waals surface area (Å²) in [6.45, 7) is 5.80. The van der Waals surface area contributed by atoms with Crippen molar-refractivity contribution in [2.75, 3.05) is 25.1 Å². The number of ether oxygens (including phenoxy) is 1. The van der Waals surface area contributed by atoms with E-state index in [1.165, 1.54) is 5.56 Å². The highest BCUT2D eigenvalue weighted by molar-refractivity contribution is 5.35. The minimum Gasteiger partial charge on any atom is -0.376 e. The molecule has 0 radical (unpaired) electrons. The van der Waals surface area contributed by atoms with E-state index in [0.717, 1.165) is 26.2 Å². The molecule has 2 heterocycles. The third kappa shape index (κ3) is 2.91. The van der Waals surface area contributed by atoms with Crippen LogP contribution in [-0.2, 0) is 11.3 Å². The molecule has 16 heavy (non-hydrogen) atoms. The third-order valence-electron chi connectivity index (χ3n) is 2.70. The first kappa shape index (κ1) is 11.3. The summed E-state index contributed by atoms with van der Waals surface area (Å²) in [5.41, 5.74) is 3.78. The minimum atomic E-state index is 0.322. The van der Waals surface area contributed by atoms with Gasteiger partial charge in [-0.15, -0.1) is 0 Å². The summed E-state index contributed by atoms with van der Waals surface area (Å²) in [5.74, 6) is 6.04. The van der Waals surface area contributed by atoms with Crippen molar-refractivity contribution in [2.45, 2.75) is 19.6 Å². The van der Waals surface area contributed by atoms with Gasteiger partial charge in [-0.25, -0.2) is 10.8 Å². The molecular formula is C11H18N4O. The Balaban J connectivity index is 1.97. The lowest BCUT2D eigenvalue weighted by molar-refractivity contribution is -0.0212. The summed E-state index contributed by atoms with van der Waals surface area (Å²) in [7, 11) is 0. The Bertz CT molecular complexity index is 345. The Morgan fingerprint density at radius 1 is 1.69 bits per heavy atom. The van der Waals surface area contributed by atoms with E-state index < -0.39 is 0 Å². The molecule has 88 valence electrons. The van der Waals surface area contributed by atoms with Gasteiger partial charge in [0, 0.05) is 25.8 Å². The van der Waals surface area contributed by atoms with E-state index in [4.69, 9.17) is 10.6 Å². The van der Waals surface area contributed by atoms with E-state index >= 15 is 0 Å². The number of rotatable bonds is 3. The second-order valence-corrected chi connectivity index (χ2v) is 4.11. The number of nitrogen functional groups attached to an aromatic ring is 1. The van der Waals surface area contributed by atoms with E-state index in [1.54, 1.807) is 6.20 Å². The van der Waals surface area contributed by atoms with Crippen molar-refractivity contribution in [1.29, 1.82) is 0 Å². The SMILES string of the molecule is CC1CN(Cc2ccnc(NN)c2)CCO1. The van der Waals surface area contributed by atoms with Crippen LogP contribution in [0, 0.1) is 0 Å². The first-order valence-electron chi connectivity index (χ1n) is 5.53. The topological polar surface area (TPSA) is 63.4 Å². The third-order valence-corrected chi connectivity index (χ3v) is 2.70. The predicted molar refractivity (Wildman–Crippen MR) is 62.7 cm³/mol. The predicted octanol–water partition coefficient (Wildman–Crippen LogP) is 0.588. The zero-order valence-corrected chi connectivity index (χ0v) is 9.52. The summed E-state index contributed by atoms with van der Waals surface area (Å²) in [4.78, 5) is 6.47. The molecule has 0 spiro atoms. The normalized spacial score (nSPS) is 22.0. The molecule has 1 aliphatic rings. The zero-order chi connectivity index (χ0) is 11.4. The van der Waals surface area contributed by atoms with Crippen LogP contribution in [0.5, 0.6) is 0 Å². The van der Waals surface area contributed by atoms with Crippen molar-refractivity contribution in [2.24, 2.45) is 5.84 Å². The molecule has 1 fully saturated rings. The van der Waals surface area contributed by atoms with Gasteiger partial charge < -0.3 is 10.2 Å². The van der Waals surface area contributed by atoms with Crippen LogP contribution in [0.4, 0.5) is 5.82 Å². The fourth-order valence-electron chi connectivity index (χ4n) is 1.94. The average molecular weight is 222 g/mol. The van der Waals surface area contributed by atoms with Crippen LogP contribution in [0.2, 0.25) is 0 Å². The molecule has 1 aromatic heterocycles.